The van der Waals surface area contributed by atoms with Gasteiger partial charge in [-0.1, -0.05) is 12.1 Å². The molecule has 0 saturated carbocycles. The summed E-state index contributed by atoms with van der Waals surface area (Å²) in [6.07, 6.45) is 2.23. The lowest BCUT2D eigenvalue weighted by Crippen LogP contribution is -3.13. The summed E-state index contributed by atoms with van der Waals surface area (Å²) in [6, 6.07) is 6.97. The fraction of sp³-hybridized carbons (Fsp3) is 0.500. The lowest BCUT2D eigenvalue weighted by molar-refractivity contribution is -0.903. The summed E-state index contributed by atoms with van der Waals surface area (Å²) in [7, 11) is 0. The van der Waals surface area contributed by atoms with Crippen molar-refractivity contribution >= 4 is 23.0 Å². The van der Waals surface area contributed by atoms with Gasteiger partial charge in [0.25, 0.3) is 0 Å². The van der Waals surface area contributed by atoms with Gasteiger partial charge >= 0.3 is 0 Å². The molecule has 3 N–H and O–H groups in total. The summed E-state index contributed by atoms with van der Waals surface area (Å²) >= 11 is 5.24. The highest BCUT2D eigenvalue weighted by Gasteiger charge is 2.21. The number of thiocarbonyl (C=S) groups is 1. The predicted octanol–water partition coefficient (Wildman–Crippen LogP) is 1.18. The zero-order valence-electron chi connectivity index (χ0n) is 11.2. The van der Waals surface area contributed by atoms with Crippen LogP contribution in [0.2, 0.25) is 0 Å². The van der Waals surface area contributed by atoms with E-state index < -0.39 is 0 Å². The number of anilines is 1. The third kappa shape index (κ3) is 4.14. The summed E-state index contributed by atoms with van der Waals surface area (Å²) in [6.45, 7) is 5.76. The monoisotopic (exact) mass is 282 g/mol. The second kappa shape index (κ2) is 6.82. The Bertz CT molecular complexity index is 430. The largest absolute Gasteiger partial charge is 0.359 e. The second-order valence-electron chi connectivity index (χ2n) is 4.96. The summed E-state index contributed by atoms with van der Waals surface area (Å²) < 4.78 is 13.5. The summed E-state index contributed by atoms with van der Waals surface area (Å²) in [5.74, 6) is -0.281. The minimum Gasteiger partial charge on any atom is -0.359 e. The van der Waals surface area contributed by atoms with E-state index in [9.17, 15) is 4.39 Å². The highest BCUT2D eigenvalue weighted by atomic mass is 32.1. The zero-order chi connectivity index (χ0) is 13.7. The molecule has 1 heterocycles. The van der Waals surface area contributed by atoms with E-state index in [1.54, 1.807) is 23.1 Å². The number of halogens is 1. The molecule has 0 atom stereocenters. The van der Waals surface area contributed by atoms with Crippen LogP contribution in [-0.2, 0) is 0 Å². The van der Waals surface area contributed by atoms with Gasteiger partial charge in [0.2, 0.25) is 0 Å². The van der Waals surface area contributed by atoms with Crippen molar-refractivity contribution < 1.29 is 9.29 Å². The van der Waals surface area contributed by atoms with Crippen molar-refractivity contribution in [3.8, 4) is 0 Å². The molecule has 0 aromatic heterocycles. The van der Waals surface area contributed by atoms with E-state index in [2.05, 4.69) is 17.6 Å². The Morgan fingerprint density at radius 3 is 2.68 bits per heavy atom. The van der Waals surface area contributed by atoms with Crippen LogP contribution in [0.4, 0.5) is 10.1 Å². The quantitative estimate of drug-likeness (QED) is 0.727. The van der Waals surface area contributed by atoms with Gasteiger partial charge in [0.15, 0.2) is 5.11 Å². The number of hydrogen-bond acceptors (Lipinski definition) is 1. The van der Waals surface area contributed by atoms with Crippen LogP contribution in [0.3, 0.4) is 0 Å². The molecule has 0 aliphatic carbocycles. The van der Waals surface area contributed by atoms with Crippen molar-refractivity contribution in [2.45, 2.75) is 25.8 Å². The molecular weight excluding hydrogens is 261 g/mol. The zero-order valence-corrected chi connectivity index (χ0v) is 12.0. The molecule has 0 radical (unpaired) electrons. The van der Waals surface area contributed by atoms with Crippen LogP contribution in [0.25, 0.3) is 0 Å². The van der Waals surface area contributed by atoms with Crippen molar-refractivity contribution in [1.82, 2.24) is 5.32 Å². The Morgan fingerprint density at radius 2 is 2.05 bits per heavy atom. The van der Waals surface area contributed by atoms with E-state index >= 15 is 0 Å². The van der Waals surface area contributed by atoms with Gasteiger partial charge in [-0.25, -0.2) is 4.39 Å². The first-order valence-corrected chi connectivity index (χ1v) is 7.25. The summed E-state index contributed by atoms with van der Waals surface area (Å²) in [5.41, 5.74) is 0.427. The molecule has 19 heavy (non-hydrogen) atoms. The van der Waals surface area contributed by atoms with E-state index in [1.807, 2.05) is 0 Å². The van der Waals surface area contributed by atoms with Gasteiger partial charge in [0, 0.05) is 18.9 Å². The van der Waals surface area contributed by atoms with Crippen LogP contribution in [0.15, 0.2) is 24.3 Å². The molecule has 5 heteroatoms. The van der Waals surface area contributed by atoms with Gasteiger partial charge in [-0.15, -0.1) is 0 Å². The molecule has 1 aliphatic rings. The van der Waals surface area contributed by atoms with E-state index in [-0.39, 0.29) is 5.82 Å². The first kappa shape index (κ1) is 14.2. The molecule has 0 amide bonds. The van der Waals surface area contributed by atoms with Crippen molar-refractivity contribution in [3.63, 3.8) is 0 Å². The number of nitrogens with one attached hydrogen (secondary N) is 3. The highest BCUT2D eigenvalue weighted by molar-refractivity contribution is 7.80. The van der Waals surface area contributed by atoms with Crippen molar-refractivity contribution in [2.24, 2.45) is 0 Å². The number of likely N-dealkylation sites (tertiary alicyclic amines) is 1. The lowest BCUT2D eigenvalue weighted by atomic mass is 10.1. The molecular formula is C14H21FN3S+. The van der Waals surface area contributed by atoms with Crippen molar-refractivity contribution in [3.05, 3.63) is 30.1 Å². The van der Waals surface area contributed by atoms with E-state index in [1.165, 1.54) is 25.7 Å². The van der Waals surface area contributed by atoms with Crippen LogP contribution in [-0.4, -0.2) is 30.8 Å². The summed E-state index contributed by atoms with van der Waals surface area (Å²) in [4.78, 5) is 1.64. The van der Waals surface area contributed by atoms with E-state index in [4.69, 9.17) is 12.2 Å². The van der Waals surface area contributed by atoms with Gasteiger partial charge in [0.05, 0.1) is 25.3 Å². The molecule has 1 fully saturated rings. The Labute approximate surface area is 119 Å². The SMILES string of the molecule is CC[NH+]1CCC(NC(=S)Nc2ccccc2F)CC1. The molecule has 1 saturated heterocycles. The fourth-order valence-corrected chi connectivity index (χ4v) is 2.71. The van der Waals surface area contributed by atoms with Gasteiger partial charge < -0.3 is 15.5 Å². The Kier molecular flexibility index (Phi) is 5.10. The Hall–Kier alpha value is -1.20. The van der Waals surface area contributed by atoms with Gasteiger partial charge in [-0.3, -0.25) is 0 Å². The van der Waals surface area contributed by atoms with Gasteiger partial charge in [-0.05, 0) is 31.3 Å². The lowest BCUT2D eigenvalue weighted by Gasteiger charge is -2.29. The van der Waals surface area contributed by atoms with E-state index in [0.29, 0.717) is 16.8 Å². The first-order valence-electron chi connectivity index (χ1n) is 6.84. The molecule has 1 aromatic carbocycles. The smallest absolute Gasteiger partial charge is 0.171 e. The average molecular weight is 282 g/mol. The highest BCUT2D eigenvalue weighted by Crippen LogP contribution is 2.12. The molecule has 0 spiro atoms. The van der Waals surface area contributed by atoms with Gasteiger partial charge in [0.1, 0.15) is 5.82 Å². The predicted molar refractivity (Wildman–Crippen MR) is 80.0 cm³/mol. The Balaban J connectivity index is 1.81. The minimum absolute atomic E-state index is 0.281. The van der Waals surface area contributed by atoms with Crippen LogP contribution >= 0.6 is 12.2 Å². The van der Waals surface area contributed by atoms with E-state index in [0.717, 1.165) is 12.8 Å². The van der Waals surface area contributed by atoms with Crippen molar-refractivity contribution in [2.75, 3.05) is 25.0 Å². The van der Waals surface area contributed by atoms with Crippen molar-refractivity contribution in [1.29, 1.82) is 0 Å². The first-order chi connectivity index (χ1) is 9.19. The third-order valence-corrected chi connectivity index (χ3v) is 3.87. The van der Waals surface area contributed by atoms with Gasteiger partial charge in [-0.2, -0.15) is 0 Å². The molecule has 1 aromatic rings. The molecule has 3 nitrogen and oxygen atoms in total. The number of quaternary nitrogens is 1. The maximum absolute atomic E-state index is 13.5. The Morgan fingerprint density at radius 1 is 1.37 bits per heavy atom. The molecule has 2 rings (SSSR count). The van der Waals surface area contributed by atoms with Crippen LogP contribution in [0, 0.1) is 5.82 Å². The van der Waals surface area contributed by atoms with Crippen LogP contribution < -0.4 is 15.5 Å². The number of piperidine rings is 1. The topological polar surface area (TPSA) is 28.5 Å². The molecule has 0 bridgehead atoms. The molecule has 0 unspecified atom stereocenters. The number of rotatable bonds is 3. The normalized spacial score (nSPS) is 22.8. The standard InChI is InChI=1S/C14H20FN3S/c1-2-18-9-7-11(8-10-18)16-14(19)17-13-6-4-3-5-12(13)15/h3-6,11H,2,7-10H2,1H3,(H2,16,17,19)/p+1. The molecule has 104 valence electrons. The number of hydrogen-bond donors (Lipinski definition) is 3. The number of para-hydroxylation sites is 1. The fourth-order valence-electron chi connectivity index (χ4n) is 2.43. The summed E-state index contributed by atoms with van der Waals surface area (Å²) in [5, 5.41) is 6.71. The van der Waals surface area contributed by atoms with Crippen LogP contribution in [0.5, 0.6) is 0 Å². The third-order valence-electron chi connectivity index (χ3n) is 3.65. The number of benzene rings is 1. The average Bonchev–Trinajstić information content (AvgIpc) is 2.42. The minimum atomic E-state index is -0.281. The maximum Gasteiger partial charge on any atom is 0.171 e. The molecule has 1 aliphatic heterocycles. The maximum atomic E-state index is 13.5. The van der Waals surface area contributed by atoms with Crippen LogP contribution in [0.1, 0.15) is 19.8 Å². The second-order valence-corrected chi connectivity index (χ2v) is 5.36.